The fraction of sp³-hybridized carbons (Fsp3) is 0.235. The van der Waals surface area contributed by atoms with Crippen molar-refractivity contribution < 1.29 is 9.90 Å². The molecule has 1 aliphatic carbocycles. The Morgan fingerprint density at radius 2 is 2.11 bits per heavy atom. The maximum Gasteiger partial charge on any atom is 0.159 e. The van der Waals surface area contributed by atoms with Gasteiger partial charge in [-0.05, 0) is 43.6 Å². The minimum atomic E-state index is 0.0335. The molecule has 0 aromatic heterocycles. The van der Waals surface area contributed by atoms with Crippen LogP contribution < -0.4 is 0 Å². The third-order valence-electron chi connectivity index (χ3n) is 2.95. The van der Waals surface area contributed by atoms with Crippen molar-refractivity contribution in [3.8, 4) is 0 Å². The minimum Gasteiger partial charge on any atom is -0.512 e. The number of rotatable bonds is 4. The van der Waals surface area contributed by atoms with Gasteiger partial charge in [-0.3, -0.25) is 4.79 Å². The Morgan fingerprint density at radius 1 is 1.42 bits per heavy atom. The number of carbonyl (C=O) groups is 1. The first-order chi connectivity index (χ1) is 8.95. The van der Waals surface area contributed by atoms with Crippen molar-refractivity contribution in [2.75, 3.05) is 0 Å². The van der Waals surface area contributed by atoms with Crippen molar-refractivity contribution in [3.05, 3.63) is 71.1 Å². The maximum atomic E-state index is 11.3. The van der Waals surface area contributed by atoms with Crippen LogP contribution in [0.4, 0.5) is 0 Å². The molecule has 1 aliphatic rings. The van der Waals surface area contributed by atoms with Gasteiger partial charge in [0.05, 0.1) is 5.76 Å². The molecule has 0 heterocycles. The molecule has 1 N–H and O–H groups in total. The zero-order chi connectivity index (χ0) is 14.4. The highest BCUT2D eigenvalue weighted by atomic mass is 16.3. The van der Waals surface area contributed by atoms with Gasteiger partial charge in [-0.15, -0.1) is 0 Å². The molecule has 0 fully saturated rings. The van der Waals surface area contributed by atoms with E-state index in [0.717, 1.165) is 16.7 Å². The van der Waals surface area contributed by atoms with Crippen molar-refractivity contribution in [1.29, 1.82) is 0 Å². The summed E-state index contributed by atoms with van der Waals surface area (Å²) >= 11 is 0. The Balaban J connectivity index is 2.99. The summed E-state index contributed by atoms with van der Waals surface area (Å²) in [5, 5.41) is 9.56. The third kappa shape index (κ3) is 4.25. The highest BCUT2D eigenvalue weighted by Gasteiger charge is 2.05. The van der Waals surface area contributed by atoms with E-state index >= 15 is 0 Å². The number of ketones is 1. The second-order valence-corrected chi connectivity index (χ2v) is 4.50. The van der Waals surface area contributed by atoms with E-state index < -0.39 is 0 Å². The maximum absolute atomic E-state index is 11.3. The van der Waals surface area contributed by atoms with Crippen molar-refractivity contribution in [2.24, 2.45) is 0 Å². The molecule has 0 saturated carbocycles. The first-order valence-corrected chi connectivity index (χ1v) is 6.27. The Kier molecular flexibility index (Phi) is 5.31. The lowest BCUT2D eigenvalue weighted by molar-refractivity contribution is -0.113. The summed E-state index contributed by atoms with van der Waals surface area (Å²) in [6.45, 7) is 9.32. The number of Topliss-reactive ketones (excluding diaryl/α,β-unsaturated/α-hetero) is 1. The van der Waals surface area contributed by atoms with Crippen LogP contribution >= 0.6 is 0 Å². The zero-order valence-corrected chi connectivity index (χ0v) is 11.7. The van der Waals surface area contributed by atoms with Crippen LogP contribution in [0.1, 0.15) is 27.2 Å². The quantitative estimate of drug-likeness (QED) is 0.599. The van der Waals surface area contributed by atoms with Gasteiger partial charge >= 0.3 is 0 Å². The van der Waals surface area contributed by atoms with Crippen LogP contribution in [0.2, 0.25) is 0 Å². The van der Waals surface area contributed by atoms with Crippen molar-refractivity contribution in [2.45, 2.75) is 27.2 Å². The Bertz CT molecular complexity index is 538. The van der Waals surface area contributed by atoms with Gasteiger partial charge in [0.15, 0.2) is 5.78 Å². The van der Waals surface area contributed by atoms with Gasteiger partial charge in [0.25, 0.3) is 0 Å². The van der Waals surface area contributed by atoms with Gasteiger partial charge in [-0.2, -0.15) is 0 Å². The minimum absolute atomic E-state index is 0.0335. The fourth-order valence-electron chi connectivity index (χ4n) is 1.87. The van der Waals surface area contributed by atoms with Gasteiger partial charge in [0, 0.05) is 12.0 Å². The van der Waals surface area contributed by atoms with Crippen LogP contribution in [-0.2, 0) is 4.79 Å². The van der Waals surface area contributed by atoms with Crippen molar-refractivity contribution in [3.63, 3.8) is 0 Å². The summed E-state index contributed by atoms with van der Waals surface area (Å²) in [5.74, 6) is 0.379. The standard InChI is InChI=1S/C17H20O2/c1-5-15(14(4)18)10-9-12(2)17-8-6-7-16(19)11-13(17)3/h5-6,8-11,19H,2,7H2,1,3-4H3/b10-9-,15-5+. The molecule has 0 spiro atoms. The number of carbonyl (C=O) groups excluding carboxylic acids is 1. The molecule has 0 aliphatic heterocycles. The molecule has 0 radical (unpaired) electrons. The van der Waals surface area contributed by atoms with E-state index in [2.05, 4.69) is 6.58 Å². The SMILES string of the molecule is C=C(/C=C\C(=C/C)C(C)=O)C1=C(C)C=C(O)CC=C1. The molecule has 1 rings (SSSR count). The molecule has 19 heavy (non-hydrogen) atoms. The Morgan fingerprint density at radius 3 is 2.68 bits per heavy atom. The smallest absolute Gasteiger partial charge is 0.159 e. The van der Waals surface area contributed by atoms with E-state index in [4.69, 9.17) is 0 Å². The number of hydrogen-bond acceptors (Lipinski definition) is 2. The lowest BCUT2D eigenvalue weighted by Gasteiger charge is -2.05. The third-order valence-corrected chi connectivity index (χ3v) is 2.95. The van der Waals surface area contributed by atoms with E-state index in [1.165, 1.54) is 0 Å². The lowest BCUT2D eigenvalue weighted by atomic mass is 10.0. The predicted octanol–water partition coefficient (Wildman–Crippen LogP) is 4.35. The van der Waals surface area contributed by atoms with E-state index in [1.807, 2.05) is 32.1 Å². The molecular weight excluding hydrogens is 236 g/mol. The van der Waals surface area contributed by atoms with Crippen LogP contribution in [0, 0.1) is 0 Å². The molecule has 0 aromatic rings. The molecule has 0 saturated heterocycles. The van der Waals surface area contributed by atoms with Gasteiger partial charge in [0.1, 0.15) is 0 Å². The number of aliphatic hydroxyl groups is 1. The highest BCUT2D eigenvalue weighted by Crippen LogP contribution is 2.22. The van der Waals surface area contributed by atoms with Gasteiger partial charge in [-0.25, -0.2) is 0 Å². The van der Waals surface area contributed by atoms with Crippen molar-refractivity contribution >= 4 is 5.78 Å². The average Bonchev–Trinajstić information content (AvgIpc) is 2.50. The molecule has 0 amide bonds. The highest BCUT2D eigenvalue weighted by molar-refractivity contribution is 5.96. The summed E-state index contributed by atoms with van der Waals surface area (Å²) in [5.41, 5.74) is 3.42. The molecule has 0 bridgehead atoms. The summed E-state index contributed by atoms with van der Waals surface area (Å²) in [6, 6.07) is 0. The van der Waals surface area contributed by atoms with Gasteiger partial charge < -0.3 is 5.11 Å². The number of aliphatic hydroxyl groups excluding tert-OH is 1. The van der Waals surface area contributed by atoms with Crippen molar-refractivity contribution in [1.82, 2.24) is 0 Å². The van der Waals surface area contributed by atoms with E-state index in [9.17, 15) is 9.90 Å². The topological polar surface area (TPSA) is 37.3 Å². The lowest BCUT2D eigenvalue weighted by Crippen LogP contribution is -1.93. The average molecular weight is 256 g/mol. The van der Waals surface area contributed by atoms with Gasteiger partial charge in [-0.1, -0.05) is 37.0 Å². The molecule has 0 aromatic carbocycles. The van der Waals surface area contributed by atoms with Crippen LogP contribution in [0.5, 0.6) is 0 Å². The molecule has 2 heteroatoms. The largest absolute Gasteiger partial charge is 0.512 e. The number of hydrogen-bond donors (Lipinski definition) is 1. The molecule has 0 atom stereocenters. The van der Waals surface area contributed by atoms with Crippen LogP contribution in [0.15, 0.2) is 71.1 Å². The normalized spacial score (nSPS) is 16.6. The number of allylic oxidation sites excluding steroid dienone is 10. The summed E-state index contributed by atoms with van der Waals surface area (Å²) in [4.78, 5) is 11.3. The summed E-state index contributed by atoms with van der Waals surface area (Å²) < 4.78 is 0. The van der Waals surface area contributed by atoms with E-state index in [1.54, 1.807) is 25.2 Å². The fourth-order valence-corrected chi connectivity index (χ4v) is 1.87. The monoisotopic (exact) mass is 256 g/mol. The van der Waals surface area contributed by atoms with Crippen LogP contribution in [-0.4, -0.2) is 10.9 Å². The summed E-state index contributed by atoms with van der Waals surface area (Å²) in [7, 11) is 0. The van der Waals surface area contributed by atoms with Gasteiger partial charge in [0.2, 0.25) is 0 Å². The second-order valence-electron chi connectivity index (χ2n) is 4.50. The first-order valence-electron chi connectivity index (χ1n) is 6.27. The van der Waals surface area contributed by atoms with Crippen LogP contribution in [0.3, 0.4) is 0 Å². The summed E-state index contributed by atoms with van der Waals surface area (Å²) in [6.07, 6.45) is 11.5. The molecule has 100 valence electrons. The zero-order valence-electron chi connectivity index (χ0n) is 11.7. The Hall–Kier alpha value is -2.09. The van der Waals surface area contributed by atoms with Crippen LogP contribution in [0.25, 0.3) is 0 Å². The Labute approximate surface area is 114 Å². The van der Waals surface area contributed by atoms with E-state index in [0.29, 0.717) is 17.8 Å². The molecule has 0 unspecified atom stereocenters. The second kappa shape index (κ2) is 6.74. The van der Waals surface area contributed by atoms with E-state index in [-0.39, 0.29) is 5.78 Å². The molecular formula is C17H20O2. The predicted molar refractivity (Wildman–Crippen MR) is 79.9 cm³/mol. The molecule has 2 nitrogen and oxygen atoms in total. The first kappa shape index (κ1) is 15.0.